The molecule has 2 aliphatic rings. The standard InChI is InChI=1S/C29H41N5O4S/c1-20(2)19-24(25(35)28-32-33-29(38-28)39-18-10-17-34-15-8-9-16-34)31-27(37)22-13-6-7-14-23(22)30-26(36)21-11-4-3-5-12-21/h3-5,11-12,20,22-24H,6-10,13-19H2,1-2H3,(H,30,36)(H,31,37)/t22-,23+,24?/m1/s1. The zero-order valence-corrected chi connectivity index (χ0v) is 23.9. The number of nitrogens with one attached hydrogen (secondary N) is 2. The Balaban J connectivity index is 1.34. The molecule has 2 amide bonds. The normalized spacial score (nSPS) is 20.6. The highest BCUT2D eigenvalue weighted by atomic mass is 32.2. The zero-order chi connectivity index (χ0) is 27.6. The molecule has 3 atom stereocenters. The minimum atomic E-state index is -0.765. The van der Waals surface area contributed by atoms with Crippen molar-refractivity contribution in [3.8, 4) is 0 Å². The van der Waals surface area contributed by atoms with Gasteiger partial charge in [-0.1, -0.05) is 56.7 Å². The van der Waals surface area contributed by atoms with Crippen LogP contribution in [0.25, 0.3) is 0 Å². The summed E-state index contributed by atoms with van der Waals surface area (Å²) in [4.78, 5) is 42.1. The van der Waals surface area contributed by atoms with Crippen LogP contribution < -0.4 is 10.6 Å². The lowest BCUT2D eigenvalue weighted by Gasteiger charge is -2.32. The smallest absolute Gasteiger partial charge is 0.286 e. The number of carbonyl (C=O) groups is 3. The first-order valence-corrected chi connectivity index (χ1v) is 15.3. The summed E-state index contributed by atoms with van der Waals surface area (Å²) in [5.41, 5.74) is 0.566. The number of Topliss-reactive ketones (excluding diaryl/α,β-unsaturated/α-hetero) is 1. The van der Waals surface area contributed by atoms with Crippen molar-refractivity contribution in [2.45, 2.75) is 82.5 Å². The van der Waals surface area contributed by atoms with Crippen molar-refractivity contribution in [3.63, 3.8) is 0 Å². The van der Waals surface area contributed by atoms with Crippen LogP contribution in [0, 0.1) is 11.8 Å². The van der Waals surface area contributed by atoms with E-state index in [1.54, 1.807) is 12.1 Å². The second-order valence-electron chi connectivity index (χ2n) is 11.0. The third kappa shape index (κ3) is 8.63. The second kappa shape index (κ2) is 14.6. The van der Waals surface area contributed by atoms with Gasteiger partial charge >= 0.3 is 0 Å². The van der Waals surface area contributed by atoms with Crippen molar-refractivity contribution in [3.05, 3.63) is 41.8 Å². The van der Waals surface area contributed by atoms with Crippen LogP contribution in [0.4, 0.5) is 0 Å². The van der Waals surface area contributed by atoms with Crippen molar-refractivity contribution in [1.29, 1.82) is 0 Å². The third-order valence-electron chi connectivity index (χ3n) is 7.46. The van der Waals surface area contributed by atoms with Crippen molar-refractivity contribution >= 4 is 29.4 Å². The van der Waals surface area contributed by atoms with Crippen LogP contribution in [-0.2, 0) is 4.79 Å². The fourth-order valence-corrected chi connectivity index (χ4v) is 6.10. The first-order chi connectivity index (χ1) is 18.9. The van der Waals surface area contributed by atoms with Crippen molar-refractivity contribution in [2.24, 2.45) is 11.8 Å². The summed E-state index contributed by atoms with van der Waals surface area (Å²) in [5, 5.41) is 14.5. The number of aromatic nitrogens is 2. The van der Waals surface area contributed by atoms with E-state index in [2.05, 4.69) is 25.7 Å². The molecule has 1 unspecified atom stereocenters. The van der Waals surface area contributed by atoms with Gasteiger partial charge in [-0.25, -0.2) is 0 Å². The molecule has 1 saturated carbocycles. The monoisotopic (exact) mass is 555 g/mol. The van der Waals surface area contributed by atoms with Gasteiger partial charge in [0.15, 0.2) is 0 Å². The number of carbonyl (C=O) groups excluding carboxylic acids is 3. The van der Waals surface area contributed by atoms with E-state index in [0.717, 1.165) is 38.0 Å². The van der Waals surface area contributed by atoms with Gasteiger partial charge < -0.3 is 20.0 Å². The number of benzene rings is 1. The molecule has 1 aliphatic heterocycles. The lowest BCUT2D eigenvalue weighted by molar-refractivity contribution is -0.127. The van der Waals surface area contributed by atoms with Gasteiger partial charge in [-0.05, 0) is 76.2 Å². The summed E-state index contributed by atoms with van der Waals surface area (Å²) >= 11 is 1.46. The minimum absolute atomic E-state index is 0.0689. The van der Waals surface area contributed by atoms with E-state index in [0.29, 0.717) is 23.6 Å². The Morgan fingerprint density at radius 1 is 1.05 bits per heavy atom. The van der Waals surface area contributed by atoms with Crippen molar-refractivity contribution in [2.75, 3.05) is 25.4 Å². The molecule has 1 aliphatic carbocycles. The SMILES string of the molecule is CC(C)CC(NC(=O)[C@@H]1CCCC[C@@H]1NC(=O)c1ccccc1)C(=O)c1nnc(SCCCN2CCCC2)o1. The number of hydrogen-bond donors (Lipinski definition) is 2. The molecule has 0 spiro atoms. The summed E-state index contributed by atoms with van der Waals surface area (Å²) in [5.74, 6) is -0.236. The molecule has 9 nitrogen and oxygen atoms in total. The van der Waals surface area contributed by atoms with Crippen LogP contribution in [0.3, 0.4) is 0 Å². The van der Waals surface area contributed by atoms with Crippen molar-refractivity contribution in [1.82, 2.24) is 25.7 Å². The molecule has 1 saturated heterocycles. The van der Waals surface area contributed by atoms with Gasteiger partial charge in [-0.3, -0.25) is 14.4 Å². The maximum atomic E-state index is 13.5. The fourth-order valence-electron chi connectivity index (χ4n) is 5.41. The Hall–Kier alpha value is -2.72. The number of thioether (sulfide) groups is 1. The number of rotatable bonds is 13. The van der Waals surface area contributed by atoms with Gasteiger partial charge in [-0.2, -0.15) is 0 Å². The lowest BCUT2D eigenvalue weighted by Crippen LogP contribution is -2.52. The number of likely N-dealkylation sites (tertiary alicyclic amines) is 1. The molecule has 10 heteroatoms. The average molecular weight is 556 g/mol. The second-order valence-corrected chi connectivity index (χ2v) is 12.1. The molecule has 0 bridgehead atoms. The Labute approximate surface area is 235 Å². The molecular formula is C29H41N5O4S. The van der Waals surface area contributed by atoms with Gasteiger partial charge in [0.25, 0.3) is 17.0 Å². The number of amides is 2. The van der Waals surface area contributed by atoms with Gasteiger partial charge in [0, 0.05) is 17.4 Å². The lowest BCUT2D eigenvalue weighted by atomic mass is 9.83. The van der Waals surface area contributed by atoms with E-state index in [9.17, 15) is 14.4 Å². The minimum Gasteiger partial charge on any atom is -0.408 e. The van der Waals surface area contributed by atoms with Crippen LogP contribution in [0.5, 0.6) is 0 Å². The first-order valence-electron chi connectivity index (χ1n) is 14.3. The maximum absolute atomic E-state index is 13.5. The van der Waals surface area contributed by atoms with Crippen LogP contribution in [0.15, 0.2) is 40.0 Å². The quantitative estimate of drug-likeness (QED) is 0.213. The third-order valence-corrected chi connectivity index (χ3v) is 8.36. The predicted molar refractivity (Wildman–Crippen MR) is 151 cm³/mol. The highest BCUT2D eigenvalue weighted by molar-refractivity contribution is 7.99. The zero-order valence-electron chi connectivity index (χ0n) is 23.1. The Kier molecular flexibility index (Phi) is 11.0. The molecule has 39 heavy (non-hydrogen) atoms. The average Bonchev–Trinajstić information content (AvgIpc) is 3.63. The van der Waals surface area contributed by atoms with E-state index in [4.69, 9.17) is 4.42 Å². The Bertz CT molecular complexity index is 1090. The van der Waals surface area contributed by atoms with Crippen LogP contribution in [0.1, 0.15) is 86.3 Å². The molecule has 1 aromatic heterocycles. The summed E-state index contributed by atoms with van der Waals surface area (Å²) in [7, 11) is 0. The van der Waals surface area contributed by atoms with E-state index in [-0.39, 0.29) is 35.4 Å². The maximum Gasteiger partial charge on any atom is 0.286 e. The van der Waals surface area contributed by atoms with Gasteiger partial charge in [-0.15, -0.1) is 10.2 Å². The molecule has 1 aromatic carbocycles. The number of nitrogens with zero attached hydrogens (tertiary/aromatic N) is 3. The molecule has 2 heterocycles. The van der Waals surface area contributed by atoms with E-state index >= 15 is 0 Å². The van der Waals surface area contributed by atoms with Crippen LogP contribution in [-0.4, -0.2) is 70.2 Å². The fraction of sp³-hybridized carbons (Fsp3) is 0.621. The molecule has 4 rings (SSSR count). The Morgan fingerprint density at radius 3 is 2.54 bits per heavy atom. The van der Waals surface area contributed by atoms with E-state index < -0.39 is 12.0 Å². The summed E-state index contributed by atoms with van der Waals surface area (Å²) < 4.78 is 5.70. The van der Waals surface area contributed by atoms with E-state index in [1.807, 2.05) is 32.0 Å². The predicted octanol–water partition coefficient (Wildman–Crippen LogP) is 4.35. The summed E-state index contributed by atoms with van der Waals surface area (Å²) in [6.45, 7) is 7.42. The number of ketones is 1. The van der Waals surface area contributed by atoms with Crippen molar-refractivity contribution < 1.29 is 18.8 Å². The highest BCUT2D eigenvalue weighted by Gasteiger charge is 2.35. The topological polar surface area (TPSA) is 117 Å². The van der Waals surface area contributed by atoms with E-state index in [1.165, 1.54) is 37.7 Å². The summed E-state index contributed by atoms with van der Waals surface area (Å²) in [6, 6.07) is 7.97. The molecule has 2 N–H and O–H groups in total. The van der Waals surface area contributed by atoms with Gasteiger partial charge in [0.2, 0.25) is 11.7 Å². The van der Waals surface area contributed by atoms with Gasteiger partial charge in [0.1, 0.15) is 0 Å². The van der Waals surface area contributed by atoms with Crippen LogP contribution >= 0.6 is 11.8 Å². The van der Waals surface area contributed by atoms with Crippen LogP contribution in [0.2, 0.25) is 0 Å². The summed E-state index contributed by atoms with van der Waals surface area (Å²) in [6.07, 6.45) is 7.26. The molecule has 2 aromatic rings. The molecule has 0 radical (unpaired) electrons. The molecule has 212 valence electrons. The van der Waals surface area contributed by atoms with Gasteiger partial charge in [0.05, 0.1) is 12.0 Å². The first kappa shape index (κ1) is 29.3. The Morgan fingerprint density at radius 2 is 1.79 bits per heavy atom. The molecule has 2 fully saturated rings. The number of hydrogen-bond acceptors (Lipinski definition) is 8. The largest absolute Gasteiger partial charge is 0.408 e. The highest BCUT2D eigenvalue weighted by Crippen LogP contribution is 2.26. The molecular weight excluding hydrogens is 514 g/mol.